The van der Waals surface area contributed by atoms with Crippen molar-refractivity contribution in [2.24, 2.45) is 5.73 Å². The van der Waals surface area contributed by atoms with E-state index < -0.39 is 0 Å². The van der Waals surface area contributed by atoms with E-state index in [1.807, 2.05) is 29.2 Å². The maximum absolute atomic E-state index is 12.5. The molecule has 2 rings (SSSR count). The van der Waals surface area contributed by atoms with Crippen molar-refractivity contribution in [3.05, 3.63) is 35.4 Å². The van der Waals surface area contributed by atoms with Crippen LogP contribution in [-0.2, 0) is 6.42 Å². The highest BCUT2D eigenvalue weighted by molar-refractivity contribution is 5.95. The van der Waals surface area contributed by atoms with Gasteiger partial charge in [-0.15, -0.1) is 0 Å². The predicted molar refractivity (Wildman–Crippen MR) is 73.6 cm³/mol. The van der Waals surface area contributed by atoms with Crippen molar-refractivity contribution < 1.29 is 4.79 Å². The third-order valence-corrected chi connectivity index (χ3v) is 3.55. The molecule has 3 nitrogen and oxygen atoms in total. The lowest BCUT2D eigenvalue weighted by atomic mass is 10.0. The van der Waals surface area contributed by atoms with Crippen molar-refractivity contribution >= 4 is 5.91 Å². The fourth-order valence-electron chi connectivity index (χ4n) is 2.55. The average molecular weight is 246 g/mol. The summed E-state index contributed by atoms with van der Waals surface area (Å²) in [6.45, 7) is 2.38. The Morgan fingerprint density at radius 3 is 2.44 bits per heavy atom. The summed E-state index contributed by atoms with van der Waals surface area (Å²) >= 11 is 0. The summed E-state index contributed by atoms with van der Waals surface area (Å²) in [6.07, 6.45) is 5.52. The molecule has 1 aliphatic rings. The minimum atomic E-state index is 0.181. The van der Waals surface area contributed by atoms with Crippen LogP contribution in [0, 0.1) is 0 Å². The van der Waals surface area contributed by atoms with Crippen LogP contribution < -0.4 is 5.73 Å². The van der Waals surface area contributed by atoms with Crippen molar-refractivity contribution in [1.82, 2.24) is 4.90 Å². The van der Waals surface area contributed by atoms with Crippen molar-refractivity contribution in [3.8, 4) is 0 Å². The molecule has 0 atom stereocenters. The Bertz CT molecular complexity index is 395. The average Bonchev–Trinajstić information content (AvgIpc) is 2.68. The highest BCUT2D eigenvalue weighted by atomic mass is 16.2. The number of rotatable bonds is 3. The maximum atomic E-state index is 12.5. The largest absolute Gasteiger partial charge is 0.339 e. The normalized spacial score (nSPS) is 16.4. The van der Waals surface area contributed by atoms with E-state index in [4.69, 9.17) is 5.73 Å². The van der Waals surface area contributed by atoms with Crippen molar-refractivity contribution in [2.75, 3.05) is 19.6 Å². The van der Waals surface area contributed by atoms with Crippen LogP contribution in [0.25, 0.3) is 0 Å². The molecule has 0 spiro atoms. The number of nitrogens with two attached hydrogens (primary N) is 1. The highest BCUT2D eigenvalue weighted by Gasteiger charge is 2.19. The Hall–Kier alpha value is -1.35. The fourth-order valence-corrected chi connectivity index (χ4v) is 2.55. The van der Waals surface area contributed by atoms with Crippen LogP contribution in [0.1, 0.15) is 41.6 Å². The number of amides is 1. The molecule has 2 N–H and O–H groups in total. The fraction of sp³-hybridized carbons (Fsp3) is 0.533. The first-order valence-electron chi connectivity index (χ1n) is 6.90. The summed E-state index contributed by atoms with van der Waals surface area (Å²) in [5, 5.41) is 0. The SMILES string of the molecule is NCCc1ccccc1C(=O)N1CCCCCC1. The molecule has 1 saturated heterocycles. The van der Waals surface area contributed by atoms with Crippen LogP contribution in [0.5, 0.6) is 0 Å². The number of carbonyl (C=O) groups is 1. The zero-order valence-electron chi connectivity index (χ0n) is 10.9. The molecule has 1 amide bonds. The van der Waals surface area contributed by atoms with Gasteiger partial charge in [0.1, 0.15) is 0 Å². The standard InChI is InChI=1S/C15H22N2O/c16-10-9-13-7-3-4-8-14(13)15(18)17-11-5-1-2-6-12-17/h3-4,7-8H,1-2,5-6,9-12,16H2. The molecule has 18 heavy (non-hydrogen) atoms. The molecule has 1 heterocycles. The molecule has 0 aliphatic carbocycles. The zero-order chi connectivity index (χ0) is 12.8. The quantitative estimate of drug-likeness (QED) is 0.888. The number of benzene rings is 1. The van der Waals surface area contributed by atoms with Gasteiger partial charge < -0.3 is 10.6 Å². The topological polar surface area (TPSA) is 46.3 Å². The third-order valence-electron chi connectivity index (χ3n) is 3.55. The molecule has 0 saturated carbocycles. The van der Waals surface area contributed by atoms with Gasteiger partial charge in [-0.25, -0.2) is 0 Å². The summed E-state index contributed by atoms with van der Waals surface area (Å²) < 4.78 is 0. The van der Waals surface area contributed by atoms with E-state index >= 15 is 0 Å². The van der Waals surface area contributed by atoms with Gasteiger partial charge in [0.15, 0.2) is 0 Å². The second kappa shape index (κ2) is 6.55. The monoisotopic (exact) mass is 246 g/mol. The lowest BCUT2D eigenvalue weighted by Gasteiger charge is -2.21. The van der Waals surface area contributed by atoms with Crippen LogP contribution >= 0.6 is 0 Å². The Morgan fingerprint density at radius 1 is 1.11 bits per heavy atom. The second-order valence-corrected chi connectivity index (χ2v) is 4.90. The van der Waals surface area contributed by atoms with Gasteiger partial charge in [-0.05, 0) is 37.4 Å². The summed E-state index contributed by atoms with van der Waals surface area (Å²) in [5.41, 5.74) is 7.52. The van der Waals surface area contributed by atoms with Gasteiger partial charge in [-0.3, -0.25) is 4.79 Å². The second-order valence-electron chi connectivity index (χ2n) is 4.90. The van der Waals surface area contributed by atoms with E-state index in [0.29, 0.717) is 6.54 Å². The van der Waals surface area contributed by atoms with E-state index in [0.717, 1.165) is 43.5 Å². The minimum absolute atomic E-state index is 0.181. The molecule has 3 heteroatoms. The molecule has 1 fully saturated rings. The molecule has 1 aromatic carbocycles. The van der Waals surface area contributed by atoms with Gasteiger partial charge in [-0.1, -0.05) is 31.0 Å². The molecule has 98 valence electrons. The van der Waals surface area contributed by atoms with Crippen molar-refractivity contribution in [1.29, 1.82) is 0 Å². The number of likely N-dealkylation sites (tertiary alicyclic amines) is 1. The summed E-state index contributed by atoms with van der Waals surface area (Å²) in [7, 11) is 0. The maximum Gasteiger partial charge on any atom is 0.254 e. The van der Waals surface area contributed by atoms with E-state index in [1.54, 1.807) is 0 Å². The van der Waals surface area contributed by atoms with Crippen molar-refractivity contribution in [3.63, 3.8) is 0 Å². The predicted octanol–water partition coefficient (Wildman–Crippen LogP) is 2.20. The number of hydrogen-bond donors (Lipinski definition) is 1. The van der Waals surface area contributed by atoms with Gasteiger partial charge in [0.2, 0.25) is 0 Å². The molecule has 0 bridgehead atoms. The summed E-state index contributed by atoms with van der Waals surface area (Å²) in [6, 6.07) is 7.85. The molecule has 0 unspecified atom stereocenters. The molecule has 1 aromatic rings. The van der Waals surface area contributed by atoms with Gasteiger partial charge in [0.05, 0.1) is 0 Å². The van der Waals surface area contributed by atoms with Gasteiger partial charge >= 0.3 is 0 Å². The summed E-state index contributed by atoms with van der Waals surface area (Å²) in [5.74, 6) is 0.181. The smallest absolute Gasteiger partial charge is 0.254 e. The number of nitrogens with zero attached hydrogens (tertiary/aromatic N) is 1. The van der Waals surface area contributed by atoms with Crippen LogP contribution in [0.4, 0.5) is 0 Å². The van der Waals surface area contributed by atoms with E-state index in [1.165, 1.54) is 12.8 Å². The Kier molecular flexibility index (Phi) is 4.76. The van der Waals surface area contributed by atoms with Crippen LogP contribution in [-0.4, -0.2) is 30.4 Å². The molecular formula is C15H22N2O. The van der Waals surface area contributed by atoms with Crippen LogP contribution in [0.3, 0.4) is 0 Å². The zero-order valence-corrected chi connectivity index (χ0v) is 10.9. The number of carbonyl (C=O) groups excluding carboxylic acids is 1. The number of hydrogen-bond acceptors (Lipinski definition) is 2. The molecular weight excluding hydrogens is 224 g/mol. The van der Waals surface area contributed by atoms with Crippen LogP contribution in [0.2, 0.25) is 0 Å². The van der Waals surface area contributed by atoms with Crippen molar-refractivity contribution in [2.45, 2.75) is 32.1 Å². The first-order valence-corrected chi connectivity index (χ1v) is 6.90. The van der Waals surface area contributed by atoms with E-state index in [2.05, 4.69) is 0 Å². The molecule has 0 aromatic heterocycles. The molecule has 1 aliphatic heterocycles. The van der Waals surface area contributed by atoms with Gasteiger partial charge in [0, 0.05) is 18.7 Å². The van der Waals surface area contributed by atoms with Crippen LogP contribution in [0.15, 0.2) is 24.3 Å². The lowest BCUT2D eigenvalue weighted by Crippen LogP contribution is -2.32. The Balaban J connectivity index is 2.16. The Labute approximate surface area is 109 Å². The minimum Gasteiger partial charge on any atom is -0.339 e. The van der Waals surface area contributed by atoms with Gasteiger partial charge in [-0.2, -0.15) is 0 Å². The third kappa shape index (κ3) is 3.10. The Morgan fingerprint density at radius 2 is 1.78 bits per heavy atom. The van der Waals surface area contributed by atoms with E-state index in [-0.39, 0.29) is 5.91 Å². The summed E-state index contributed by atoms with van der Waals surface area (Å²) in [4.78, 5) is 14.5. The first-order chi connectivity index (χ1) is 8.83. The lowest BCUT2D eigenvalue weighted by molar-refractivity contribution is 0.0760. The molecule has 0 radical (unpaired) electrons. The highest BCUT2D eigenvalue weighted by Crippen LogP contribution is 2.16. The van der Waals surface area contributed by atoms with E-state index in [9.17, 15) is 4.79 Å². The van der Waals surface area contributed by atoms with Gasteiger partial charge in [0.25, 0.3) is 5.91 Å². The first kappa shape index (κ1) is 13.1.